The van der Waals surface area contributed by atoms with Crippen molar-refractivity contribution in [3.8, 4) is 0 Å². The first kappa shape index (κ1) is 9.77. The molecule has 2 atom stereocenters. The average molecular weight is 197 g/mol. The van der Waals surface area contributed by atoms with Crippen LogP contribution in [0.15, 0.2) is 0 Å². The van der Waals surface area contributed by atoms with Gasteiger partial charge in [-0.25, -0.2) is 0 Å². The normalized spacial score (nSPS) is 33.3. The highest BCUT2D eigenvalue weighted by Crippen LogP contribution is 2.29. The minimum Gasteiger partial charge on any atom is -0.379 e. The summed E-state index contributed by atoms with van der Waals surface area (Å²) in [6, 6.07) is 0.462. The Morgan fingerprint density at radius 2 is 2.14 bits per heavy atom. The molecule has 0 radical (unpaired) electrons. The first-order valence-corrected chi connectivity index (χ1v) is 5.47. The topological polar surface area (TPSA) is 62.3 Å². The van der Waals surface area contributed by atoms with Gasteiger partial charge in [0.05, 0.1) is 13.2 Å². The number of nitrogens with two attached hydrogens (primary N) is 1. The maximum absolute atomic E-state index is 7.56. The molecule has 2 aliphatic rings. The van der Waals surface area contributed by atoms with Crippen molar-refractivity contribution in [3.05, 3.63) is 0 Å². The van der Waals surface area contributed by atoms with Gasteiger partial charge in [0, 0.05) is 18.5 Å². The van der Waals surface area contributed by atoms with Crippen LogP contribution in [0.2, 0.25) is 0 Å². The van der Waals surface area contributed by atoms with E-state index in [1.165, 1.54) is 25.7 Å². The van der Waals surface area contributed by atoms with Crippen LogP contribution in [0.25, 0.3) is 0 Å². The molecule has 2 rings (SSSR count). The van der Waals surface area contributed by atoms with E-state index in [2.05, 4.69) is 0 Å². The Morgan fingerprint density at radius 1 is 1.36 bits per heavy atom. The van der Waals surface area contributed by atoms with Crippen LogP contribution in [-0.2, 0) is 4.74 Å². The molecule has 1 aliphatic heterocycles. The highest BCUT2D eigenvalue weighted by atomic mass is 16.5. The largest absolute Gasteiger partial charge is 0.379 e. The molecule has 1 saturated carbocycles. The van der Waals surface area contributed by atoms with Crippen molar-refractivity contribution < 1.29 is 4.74 Å². The fourth-order valence-electron chi connectivity index (χ4n) is 2.66. The lowest BCUT2D eigenvalue weighted by atomic mass is 9.84. The van der Waals surface area contributed by atoms with Crippen molar-refractivity contribution in [2.45, 2.75) is 31.7 Å². The number of nitrogens with zero attached hydrogens (tertiary/aromatic N) is 1. The second-order valence-corrected chi connectivity index (χ2v) is 4.27. The van der Waals surface area contributed by atoms with Gasteiger partial charge in [0.1, 0.15) is 0 Å². The number of hydrogen-bond donors (Lipinski definition) is 2. The molecule has 4 nitrogen and oxygen atoms in total. The number of fused-ring (bicyclic) bond motifs is 1. The molecule has 1 heterocycles. The number of rotatable bonds is 0. The maximum Gasteiger partial charge on any atom is 0.188 e. The zero-order valence-corrected chi connectivity index (χ0v) is 8.54. The molecule has 1 saturated heterocycles. The molecule has 3 N–H and O–H groups in total. The van der Waals surface area contributed by atoms with Gasteiger partial charge in [0.2, 0.25) is 0 Å². The minimum absolute atomic E-state index is 0.215. The Balaban J connectivity index is 2.10. The molecule has 80 valence electrons. The Kier molecular flexibility index (Phi) is 2.91. The van der Waals surface area contributed by atoms with Gasteiger partial charge in [-0.05, 0) is 12.8 Å². The summed E-state index contributed by atoms with van der Waals surface area (Å²) >= 11 is 0. The van der Waals surface area contributed by atoms with Gasteiger partial charge in [-0.1, -0.05) is 12.8 Å². The molecule has 0 bridgehead atoms. The first-order valence-electron chi connectivity index (χ1n) is 5.47. The quantitative estimate of drug-likeness (QED) is 0.445. The highest BCUT2D eigenvalue weighted by molar-refractivity contribution is 5.75. The van der Waals surface area contributed by atoms with Crippen LogP contribution in [0.1, 0.15) is 25.7 Å². The molecule has 0 aromatic heterocycles. The third-order valence-corrected chi connectivity index (χ3v) is 3.39. The van der Waals surface area contributed by atoms with Crippen LogP contribution >= 0.6 is 0 Å². The van der Waals surface area contributed by atoms with E-state index in [0.717, 1.165) is 13.2 Å². The Morgan fingerprint density at radius 3 is 2.93 bits per heavy atom. The molecule has 14 heavy (non-hydrogen) atoms. The maximum atomic E-state index is 7.56. The standard InChI is InChI=1S/C10H19N3O/c11-10(12)13-5-6-14-7-8-3-1-2-4-9(8)13/h8-9H,1-7H2,(H3,11,12)/t8-,9-/m1/s1. The molecule has 0 spiro atoms. The van der Waals surface area contributed by atoms with Crippen molar-refractivity contribution in [1.82, 2.24) is 4.90 Å². The lowest BCUT2D eigenvalue weighted by Gasteiger charge is -2.37. The van der Waals surface area contributed by atoms with E-state index in [9.17, 15) is 0 Å². The summed E-state index contributed by atoms with van der Waals surface area (Å²) in [5.41, 5.74) is 5.60. The SMILES string of the molecule is N=C(N)N1CCOC[C@H]2CCCC[C@H]21. The highest BCUT2D eigenvalue weighted by Gasteiger charge is 2.32. The number of nitrogens with one attached hydrogen (secondary N) is 1. The van der Waals surface area contributed by atoms with Crippen molar-refractivity contribution in [2.75, 3.05) is 19.8 Å². The van der Waals surface area contributed by atoms with Crippen LogP contribution in [0, 0.1) is 11.3 Å². The Labute approximate surface area is 84.9 Å². The third kappa shape index (κ3) is 1.85. The zero-order valence-electron chi connectivity index (χ0n) is 8.54. The Bertz CT molecular complexity index is 219. The Hall–Kier alpha value is -0.770. The molecule has 0 unspecified atom stereocenters. The predicted molar refractivity (Wildman–Crippen MR) is 55.2 cm³/mol. The van der Waals surface area contributed by atoms with Crippen LogP contribution in [0.5, 0.6) is 0 Å². The van der Waals surface area contributed by atoms with E-state index in [0.29, 0.717) is 18.6 Å². The average Bonchev–Trinajstić information content (AvgIpc) is 2.39. The van der Waals surface area contributed by atoms with Gasteiger partial charge < -0.3 is 15.4 Å². The van der Waals surface area contributed by atoms with Crippen molar-refractivity contribution in [1.29, 1.82) is 5.41 Å². The fraction of sp³-hybridized carbons (Fsp3) is 0.900. The molecule has 0 aromatic rings. The van der Waals surface area contributed by atoms with Gasteiger partial charge in [-0.2, -0.15) is 0 Å². The van der Waals surface area contributed by atoms with Crippen LogP contribution < -0.4 is 5.73 Å². The van der Waals surface area contributed by atoms with Crippen LogP contribution in [0.4, 0.5) is 0 Å². The van der Waals surface area contributed by atoms with Gasteiger partial charge in [0.15, 0.2) is 5.96 Å². The van der Waals surface area contributed by atoms with Crippen LogP contribution in [0.3, 0.4) is 0 Å². The van der Waals surface area contributed by atoms with Gasteiger partial charge >= 0.3 is 0 Å². The molecule has 0 amide bonds. The number of hydrogen-bond acceptors (Lipinski definition) is 2. The first-order chi connectivity index (χ1) is 6.79. The minimum atomic E-state index is 0.215. The zero-order chi connectivity index (χ0) is 9.97. The van der Waals surface area contributed by atoms with Gasteiger partial charge in [-0.15, -0.1) is 0 Å². The fourth-order valence-corrected chi connectivity index (χ4v) is 2.66. The number of ether oxygens (including phenoxy) is 1. The summed E-state index contributed by atoms with van der Waals surface area (Å²) in [5, 5.41) is 7.56. The van der Waals surface area contributed by atoms with E-state index in [-0.39, 0.29) is 5.96 Å². The van der Waals surface area contributed by atoms with E-state index in [1.807, 2.05) is 4.90 Å². The third-order valence-electron chi connectivity index (χ3n) is 3.39. The summed E-state index contributed by atoms with van der Waals surface area (Å²) in [6.07, 6.45) is 4.98. The van der Waals surface area contributed by atoms with Crippen molar-refractivity contribution in [3.63, 3.8) is 0 Å². The molecule has 4 heteroatoms. The summed E-state index contributed by atoms with van der Waals surface area (Å²) in [4.78, 5) is 2.02. The summed E-state index contributed by atoms with van der Waals surface area (Å²) in [5.74, 6) is 0.808. The molecule has 1 aliphatic carbocycles. The lowest BCUT2D eigenvalue weighted by molar-refractivity contribution is 0.101. The smallest absolute Gasteiger partial charge is 0.188 e. The van der Waals surface area contributed by atoms with E-state index >= 15 is 0 Å². The molecular formula is C10H19N3O. The summed E-state index contributed by atoms with van der Waals surface area (Å²) < 4.78 is 5.55. The monoisotopic (exact) mass is 197 g/mol. The van der Waals surface area contributed by atoms with Crippen LogP contribution in [-0.4, -0.2) is 36.7 Å². The number of guanidine groups is 1. The van der Waals surface area contributed by atoms with Gasteiger partial charge in [0.25, 0.3) is 0 Å². The second kappa shape index (κ2) is 4.17. The molecule has 2 fully saturated rings. The van der Waals surface area contributed by atoms with E-state index in [4.69, 9.17) is 15.9 Å². The summed E-state index contributed by atoms with van der Waals surface area (Å²) in [7, 11) is 0. The second-order valence-electron chi connectivity index (χ2n) is 4.27. The van der Waals surface area contributed by atoms with Gasteiger partial charge in [-0.3, -0.25) is 5.41 Å². The van der Waals surface area contributed by atoms with Crippen molar-refractivity contribution >= 4 is 5.96 Å². The van der Waals surface area contributed by atoms with Crippen molar-refractivity contribution in [2.24, 2.45) is 11.7 Å². The molecule has 0 aromatic carbocycles. The summed E-state index contributed by atoms with van der Waals surface area (Å²) in [6.45, 7) is 2.36. The molecular weight excluding hydrogens is 178 g/mol. The van der Waals surface area contributed by atoms with E-state index < -0.39 is 0 Å². The predicted octanol–water partition coefficient (Wildman–Crippen LogP) is 0.771. The van der Waals surface area contributed by atoms with E-state index in [1.54, 1.807) is 0 Å². The lowest BCUT2D eigenvalue weighted by Crippen LogP contribution is -2.48.